The summed E-state index contributed by atoms with van der Waals surface area (Å²) < 4.78 is 0. The zero-order valence-corrected chi connectivity index (χ0v) is 10.0. The number of benzene rings is 1. The highest BCUT2D eigenvalue weighted by molar-refractivity contribution is 5.20. The quantitative estimate of drug-likeness (QED) is 0.576. The van der Waals surface area contributed by atoms with Gasteiger partial charge in [0.2, 0.25) is 0 Å². The molecule has 0 aliphatic carbocycles. The number of hydrogen-bond acceptors (Lipinski definition) is 0. The number of hydrogen-bond donors (Lipinski definition) is 0. The maximum atomic E-state index is 2.18. The maximum absolute atomic E-state index is 2.18. The Morgan fingerprint density at radius 2 is 1.21 bits per heavy atom. The molecule has 0 aliphatic rings. The van der Waals surface area contributed by atoms with Crippen LogP contribution < -0.4 is 0 Å². The van der Waals surface area contributed by atoms with E-state index in [1.54, 1.807) is 0 Å². The first-order valence-corrected chi connectivity index (χ1v) is 5.38. The molecule has 0 spiro atoms. The van der Waals surface area contributed by atoms with Crippen LogP contribution in [0.1, 0.15) is 53.2 Å². The van der Waals surface area contributed by atoms with E-state index in [4.69, 9.17) is 0 Å². The highest BCUT2D eigenvalue weighted by atomic mass is 13.9. The Bertz CT molecular complexity index is 172. The van der Waals surface area contributed by atoms with E-state index in [1.165, 1.54) is 11.1 Å². The molecule has 0 fully saturated rings. The molecule has 1 aromatic carbocycles. The lowest BCUT2D eigenvalue weighted by Crippen LogP contribution is -1.77. The first kappa shape index (κ1) is 18.9. The van der Waals surface area contributed by atoms with Crippen LogP contribution in [-0.4, -0.2) is 0 Å². The van der Waals surface area contributed by atoms with Gasteiger partial charge in [-0.1, -0.05) is 71.9 Å². The largest absolute Gasteiger partial charge is 0.0776 e. The van der Waals surface area contributed by atoms with Crippen molar-refractivity contribution in [2.45, 2.75) is 55.4 Å². The van der Waals surface area contributed by atoms with Crippen molar-refractivity contribution in [3.63, 3.8) is 0 Å². The number of aryl methyl sites for hydroxylation is 2. The lowest BCUT2D eigenvalue weighted by atomic mass is 10.1. The van der Waals surface area contributed by atoms with Crippen LogP contribution in [0.4, 0.5) is 0 Å². The van der Waals surface area contributed by atoms with Crippen molar-refractivity contribution in [2.75, 3.05) is 0 Å². The molecule has 0 saturated heterocycles. The second-order valence-corrected chi connectivity index (χ2v) is 2.34. The maximum Gasteiger partial charge on any atom is -0.0307 e. The Labute approximate surface area is 91.4 Å². The lowest BCUT2D eigenvalue weighted by Gasteiger charge is -1.94. The van der Waals surface area contributed by atoms with Crippen molar-refractivity contribution in [3.8, 4) is 0 Å². The Balaban J connectivity index is -0.000000216. The molecular formula is C14H28. The molecule has 0 aromatic heterocycles. The molecule has 1 rings (SSSR count). The van der Waals surface area contributed by atoms with Crippen LogP contribution in [0.15, 0.2) is 24.3 Å². The minimum atomic E-state index is 0. The summed E-state index contributed by atoms with van der Waals surface area (Å²) in [5, 5.41) is 0. The first-order chi connectivity index (χ1) is 6.33. The summed E-state index contributed by atoms with van der Waals surface area (Å²) in [5.41, 5.74) is 2.76. The average Bonchev–Trinajstić information content (AvgIpc) is 2.25. The van der Waals surface area contributed by atoms with E-state index in [0.717, 1.165) is 6.42 Å². The van der Waals surface area contributed by atoms with E-state index in [-0.39, 0.29) is 7.43 Å². The topological polar surface area (TPSA) is 0 Å². The summed E-state index contributed by atoms with van der Waals surface area (Å²) >= 11 is 0. The fourth-order valence-electron chi connectivity index (χ4n) is 0.824. The second-order valence-electron chi connectivity index (χ2n) is 2.34. The van der Waals surface area contributed by atoms with Gasteiger partial charge in [-0.3, -0.25) is 0 Å². The third-order valence-corrected chi connectivity index (χ3v) is 1.53. The van der Waals surface area contributed by atoms with Gasteiger partial charge in [0.15, 0.2) is 0 Å². The lowest BCUT2D eigenvalue weighted by molar-refractivity contribution is 1.14. The third-order valence-electron chi connectivity index (χ3n) is 1.53. The minimum Gasteiger partial charge on any atom is -0.0776 e. The van der Waals surface area contributed by atoms with E-state index in [0.29, 0.717) is 0 Å². The summed E-state index contributed by atoms with van der Waals surface area (Å²) in [6.45, 7) is 12.3. The van der Waals surface area contributed by atoms with Crippen molar-refractivity contribution in [2.24, 2.45) is 0 Å². The fourth-order valence-corrected chi connectivity index (χ4v) is 0.824. The molecule has 0 unspecified atom stereocenters. The van der Waals surface area contributed by atoms with Crippen LogP contribution in [0, 0.1) is 6.92 Å². The minimum absolute atomic E-state index is 0. The van der Waals surface area contributed by atoms with Crippen LogP contribution >= 0.6 is 0 Å². The highest BCUT2D eigenvalue weighted by Crippen LogP contribution is 2.02. The molecule has 0 radical (unpaired) electrons. The summed E-state index contributed by atoms with van der Waals surface area (Å²) in [6.07, 6.45) is 1.14. The van der Waals surface area contributed by atoms with Crippen molar-refractivity contribution < 1.29 is 0 Å². The van der Waals surface area contributed by atoms with Gasteiger partial charge in [0.05, 0.1) is 0 Å². The van der Waals surface area contributed by atoms with Gasteiger partial charge in [-0.15, -0.1) is 0 Å². The van der Waals surface area contributed by atoms with Gasteiger partial charge in [0, 0.05) is 0 Å². The van der Waals surface area contributed by atoms with E-state index < -0.39 is 0 Å². The molecule has 0 amide bonds. The normalized spacial score (nSPS) is 7.00. The Hall–Kier alpha value is -0.780. The third kappa shape index (κ3) is 9.31. The molecule has 0 aliphatic heterocycles. The standard InChI is InChI=1S/C9H12.2C2H6.CH4/c1-3-9-6-4-8(2)5-7-9;2*1-2;/h4-7H,3H2,1-2H3;2*1-2H3;1H4. The Morgan fingerprint density at radius 1 is 0.857 bits per heavy atom. The van der Waals surface area contributed by atoms with E-state index >= 15 is 0 Å². The highest BCUT2D eigenvalue weighted by Gasteiger charge is 1.84. The van der Waals surface area contributed by atoms with Crippen LogP contribution in [0.3, 0.4) is 0 Å². The molecule has 0 heterocycles. The summed E-state index contributed by atoms with van der Waals surface area (Å²) in [4.78, 5) is 0. The van der Waals surface area contributed by atoms with Gasteiger partial charge in [-0.25, -0.2) is 0 Å². The molecule has 84 valence electrons. The van der Waals surface area contributed by atoms with Gasteiger partial charge < -0.3 is 0 Å². The zero-order chi connectivity index (χ0) is 10.7. The van der Waals surface area contributed by atoms with Crippen molar-refractivity contribution in [1.29, 1.82) is 0 Å². The first-order valence-electron chi connectivity index (χ1n) is 5.38. The molecule has 0 N–H and O–H groups in total. The Kier molecular flexibility index (Phi) is 19.9. The molecule has 0 saturated carbocycles. The summed E-state index contributed by atoms with van der Waals surface area (Å²) in [7, 11) is 0. The van der Waals surface area contributed by atoms with E-state index in [1.807, 2.05) is 27.7 Å². The van der Waals surface area contributed by atoms with Gasteiger partial charge in [0.25, 0.3) is 0 Å². The monoisotopic (exact) mass is 196 g/mol. The zero-order valence-electron chi connectivity index (χ0n) is 10.0. The number of rotatable bonds is 1. The molecule has 0 nitrogen and oxygen atoms in total. The second kappa shape index (κ2) is 14.7. The van der Waals surface area contributed by atoms with Gasteiger partial charge in [-0.2, -0.15) is 0 Å². The fraction of sp³-hybridized carbons (Fsp3) is 0.571. The summed E-state index contributed by atoms with van der Waals surface area (Å²) in [6, 6.07) is 8.66. The molecular weight excluding hydrogens is 168 g/mol. The van der Waals surface area contributed by atoms with E-state index in [2.05, 4.69) is 38.1 Å². The van der Waals surface area contributed by atoms with Crippen LogP contribution in [-0.2, 0) is 6.42 Å². The smallest absolute Gasteiger partial charge is 0.0307 e. The van der Waals surface area contributed by atoms with Crippen molar-refractivity contribution in [3.05, 3.63) is 35.4 Å². The molecule has 14 heavy (non-hydrogen) atoms. The van der Waals surface area contributed by atoms with Gasteiger partial charge in [-0.05, 0) is 18.9 Å². The molecule has 0 heteroatoms. The van der Waals surface area contributed by atoms with Gasteiger partial charge in [0.1, 0.15) is 0 Å². The average molecular weight is 196 g/mol. The van der Waals surface area contributed by atoms with Crippen molar-refractivity contribution >= 4 is 0 Å². The predicted octanol–water partition coefficient (Wildman–Crippen LogP) is 5.25. The Morgan fingerprint density at radius 3 is 1.50 bits per heavy atom. The van der Waals surface area contributed by atoms with Crippen LogP contribution in [0.25, 0.3) is 0 Å². The molecule has 1 aromatic rings. The van der Waals surface area contributed by atoms with E-state index in [9.17, 15) is 0 Å². The summed E-state index contributed by atoms with van der Waals surface area (Å²) in [5.74, 6) is 0. The predicted molar refractivity (Wildman–Crippen MR) is 70.0 cm³/mol. The molecule has 0 atom stereocenters. The van der Waals surface area contributed by atoms with Gasteiger partial charge >= 0.3 is 0 Å². The van der Waals surface area contributed by atoms with Crippen LogP contribution in [0.5, 0.6) is 0 Å². The van der Waals surface area contributed by atoms with Crippen LogP contribution in [0.2, 0.25) is 0 Å². The molecule has 0 bridgehead atoms. The SMILES string of the molecule is C.CC.CC.CCc1ccc(C)cc1. The van der Waals surface area contributed by atoms with Crippen molar-refractivity contribution in [1.82, 2.24) is 0 Å².